The molecule has 0 heterocycles. The molecule has 0 aromatic heterocycles. The molecule has 1 saturated carbocycles. The second kappa shape index (κ2) is 8.22. The van der Waals surface area contributed by atoms with E-state index in [1.165, 1.54) is 43.5 Å². The summed E-state index contributed by atoms with van der Waals surface area (Å²) in [5.41, 5.74) is 6.26. The zero-order valence-corrected chi connectivity index (χ0v) is 12.3. The summed E-state index contributed by atoms with van der Waals surface area (Å²) >= 11 is 0. The summed E-state index contributed by atoms with van der Waals surface area (Å²) in [6.45, 7) is 0.456. The topological polar surface area (TPSA) is 55.1 Å². The molecule has 3 N–H and O–H groups in total. The number of rotatable bonds is 4. The fourth-order valence-corrected chi connectivity index (χ4v) is 2.76. The number of nitrogens with two attached hydrogens (primary N) is 1. The summed E-state index contributed by atoms with van der Waals surface area (Å²) in [5.74, 6) is -0.0247. The Labute approximate surface area is 125 Å². The lowest BCUT2D eigenvalue weighted by Crippen LogP contribution is -2.45. The fourth-order valence-electron chi connectivity index (χ4n) is 2.76. The van der Waals surface area contributed by atoms with Crippen LogP contribution in [-0.2, 0) is 0 Å². The lowest BCUT2D eigenvalue weighted by atomic mass is 9.84. The maximum absolute atomic E-state index is 12.8. The Kier molecular flexibility index (Phi) is 6.96. The molecule has 20 heavy (non-hydrogen) atoms. The average Bonchev–Trinajstić information content (AvgIpc) is 2.46. The zero-order chi connectivity index (χ0) is 13.7. The van der Waals surface area contributed by atoms with E-state index in [-0.39, 0.29) is 30.2 Å². The maximum Gasteiger partial charge on any atom is 0.251 e. The molecule has 0 bridgehead atoms. The van der Waals surface area contributed by atoms with E-state index in [0.29, 0.717) is 18.0 Å². The third kappa shape index (κ3) is 4.46. The summed E-state index contributed by atoms with van der Waals surface area (Å²) in [6, 6.07) is 5.62. The Morgan fingerprint density at radius 2 is 1.85 bits per heavy atom. The van der Waals surface area contributed by atoms with Gasteiger partial charge in [0.05, 0.1) is 0 Å². The van der Waals surface area contributed by atoms with Crippen LogP contribution in [0.4, 0.5) is 4.39 Å². The Hall–Kier alpha value is -1.13. The molecule has 1 aromatic carbocycles. The van der Waals surface area contributed by atoms with Crippen molar-refractivity contribution in [3.8, 4) is 0 Å². The van der Waals surface area contributed by atoms with Gasteiger partial charge in [0.25, 0.3) is 5.91 Å². The normalized spacial score (nSPS) is 17.1. The average molecular weight is 301 g/mol. The lowest BCUT2D eigenvalue weighted by Gasteiger charge is -2.30. The van der Waals surface area contributed by atoms with Crippen LogP contribution >= 0.6 is 12.4 Å². The molecule has 0 saturated heterocycles. The molecule has 5 heteroatoms. The Bertz CT molecular complexity index is 418. The van der Waals surface area contributed by atoms with Crippen LogP contribution in [0.15, 0.2) is 24.3 Å². The summed E-state index contributed by atoms with van der Waals surface area (Å²) in [5, 5.41) is 2.99. The molecule has 0 aliphatic heterocycles. The van der Waals surface area contributed by atoms with Gasteiger partial charge in [-0.2, -0.15) is 0 Å². The molecule has 1 fully saturated rings. The molecule has 2 rings (SSSR count). The molecular formula is C15H22ClFN2O. The number of benzene rings is 1. The molecule has 1 aliphatic carbocycles. The van der Waals surface area contributed by atoms with Crippen molar-refractivity contribution in [2.45, 2.75) is 38.1 Å². The van der Waals surface area contributed by atoms with Crippen LogP contribution in [0.1, 0.15) is 42.5 Å². The number of carbonyl (C=O) groups excluding carboxylic acids is 1. The lowest BCUT2D eigenvalue weighted by molar-refractivity contribution is 0.0915. The van der Waals surface area contributed by atoms with Gasteiger partial charge in [0.2, 0.25) is 0 Å². The third-order valence-corrected chi connectivity index (χ3v) is 3.90. The van der Waals surface area contributed by atoms with Gasteiger partial charge in [0, 0.05) is 18.2 Å². The first-order chi connectivity index (χ1) is 9.20. The van der Waals surface area contributed by atoms with Gasteiger partial charge in [-0.15, -0.1) is 12.4 Å². The van der Waals surface area contributed by atoms with Crippen molar-refractivity contribution in [2.75, 3.05) is 6.54 Å². The van der Waals surface area contributed by atoms with E-state index in [0.717, 1.165) is 12.8 Å². The number of amides is 1. The van der Waals surface area contributed by atoms with E-state index in [1.807, 2.05) is 0 Å². The van der Waals surface area contributed by atoms with Crippen molar-refractivity contribution in [3.63, 3.8) is 0 Å². The van der Waals surface area contributed by atoms with Crippen molar-refractivity contribution in [2.24, 2.45) is 11.7 Å². The highest BCUT2D eigenvalue weighted by molar-refractivity contribution is 5.94. The van der Waals surface area contributed by atoms with Crippen molar-refractivity contribution in [1.82, 2.24) is 5.32 Å². The monoisotopic (exact) mass is 300 g/mol. The number of hydrogen-bond donors (Lipinski definition) is 2. The number of halogens is 2. The summed E-state index contributed by atoms with van der Waals surface area (Å²) in [6.07, 6.45) is 5.97. The SMILES string of the molecule is Cl.NCC(NC(=O)c1ccc(F)cc1)C1CCCCC1. The molecule has 3 nitrogen and oxygen atoms in total. The van der Waals surface area contributed by atoms with Crippen LogP contribution in [0.5, 0.6) is 0 Å². The number of nitrogens with one attached hydrogen (secondary N) is 1. The minimum Gasteiger partial charge on any atom is -0.348 e. The summed E-state index contributed by atoms with van der Waals surface area (Å²) in [7, 11) is 0. The molecular weight excluding hydrogens is 279 g/mol. The minimum atomic E-state index is -0.334. The van der Waals surface area contributed by atoms with Gasteiger partial charge >= 0.3 is 0 Å². The van der Waals surface area contributed by atoms with Gasteiger partial charge in [0.1, 0.15) is 5.82 Å². The predicted octanol–water partition coefficient (Wildman–Crippen LogP) is 2.88. The van der Waals surface area contributed by atoms with Crippen LogP contribution in [0, 0.1) is 11.7 Å². The number of hydrogen-bond acceptors (Lipinski definition) is 2. The van der Waals surface area contributed by atoms with Crippen molar-refractivity contribution >= 4 is 18.3 Å². The Morgan fingerprint density at radius 3 is 2.40 bits per heavy atom. The van der Waals surface area contributed by atoms with Crippen molar-refractivity contribution in [3.05, 3.63) is 35.6 Å². The van der Waals surface area contributed by atoms with E-state index in [1.54, 1.807) is 0 Å². The quantitative estimate of drug-likeness (QED) is 0.898. The highest BCUT2D eigenvalue weighted by Crippen LogP contribution is 2.26. The first-order valence-electron chi connectivity index (χ1n) is 6.97. The van der Waals surface area contributed by atoms with Gasteiger partial charge in [-0.1, -0.05) is 19.3 Å². The third-order valence-electron chi connectivity index (χ3n) is 3.90. The van der Waals surface area contributed by atoms with Gasteiger partial charge in [-0.05, 0) is 43.0 Å². The van der Waals surface area contributed by atoms with Crippen LogP contribution in [-0.4, -0.2) is 18.5 Å². The summed E-state index contributed by atoms with van der Waals surface area (Å²) < 4.78 is 12.8. The van der Waals surface area contributed by atoms with Gasteiger partial charge in [0.15, 0.2) is 0 Å². The van der Waals surface area contributed by atoms with Crippen LogP contribution in [0.25, 0.3) is 0 Å². The fraction of sp³-hybridized carbons (Fsp3) is 0.533. The smallest absolute Gasteiger partial charge is 0.251 e. The second-order valence-electron chi connectivity index (χ2n) is 5.22. The van der Waals surface area contributed by atoms with E-state index in [2.05, 4.69) is 5.32 Å². The van der Waals surface area contributed by atoms with Gasteiger partial charge in [-0.25, -0.2) is 4.39 Å². The molecule has 1 unspecified atom stereocenters. The van der Waals surface area contributed by atoms with Crippen LogP contribution in [0.3, 0.4) is 0 Å². The molecule has 0 spiro atoms. The molecule has 0 radical (unpaired) electrons. The largest absolute Gasteiger partial charge is 0.348 e. The molecule has 1 aliphatic rings. The summed E-state index contributed by atoms with van der Waals surface area (Å²) in [4.78, 5) is 12.1. The first kappa shape index (κ1) is 16.9. The molecule has 112 valence electrons. The first-order valence-corrected chi connectivity index (χ1v) is 6.97. The standard InChI is InChI=1S/C15H21FN2O.ClH/c16-13-8-6-12(7-9-13)15(19)18-14(10-17)11-4-2-1-3-5-11;/h6-9,11,14H,1-5,10,17H2,(H,18,19);1H. The molecule has 1 amide bonds. The van der Waals surface area contributed by atoms with Crippen LogP contribution < -0.4 is 11.1 Å². The highest BCUT2D eigenvalue weighted by atomic mass is 35.5. The van der Waals surface area contributed by atoms with Gasteiger partial charge in [-0.3, -0.25) is 4.79 Å². The van der Waals surface area contributed by atoms with Crippen molar-refractivity contribution < 1.29 is 9.18 Å². The second-order valence-corrected chi connectivity index (χ2v) is 5.22. The Balaban J connectivity index is 0.00000200. The number of carbonyl (C=O) groups is 1. The van der Waals surface area contributed by atoms with Gasteiger partial charge < -0.3 is 11.1 Å². The molecule has 1 atom stereocenters. The predicted molar refractivity (Wildman–Crippen MR) is 80.5 cm³/mol. The maximum atomic E-state index is 12.8. The minimum absolute atomic E-state index is 0. The van der Waals surface area contributed by atoms with E-state index in [9.17, 15) is 9.18 Å². The van der Waals surface area contributed by atoms with E-state index in [4.69, 9.17) is 5.73 Å². The Morgan fingerprint density at radius 1 is 1.25 bits per heavy atom. The van der Waals surface area contributed by atoms with Crippen LogP contribution in [0.2, 0.25) is 0 Å². The van der Waals surface area contributed by atoms with E-state index >= 15 is 0 Å². The molecule has 1 aromatic rings. The van der Waals surface area contributed by atoms with Crippen molar-refractivity contribution in [1.29, 1.82) is 0 Å². The zero-order valence-electron chi connectivity index (χ0n) is 11.5. The van der Waals surface area contributed by atoms with E-state index < -0.39 is 0 Å². The highest BCUT2D eigenvalue weighted by Gasteiger charge is 2.24.